The Morgan fingerprint density at radius 3 is 2.26 bits per heavy atom. The SMILES string of the molecule is CCOc1ccccc1OCC(=O)NC(C)(C)CC. The van der Waals surface area contributed by atoms with Gasteiger partial charge in [0.25, 0.3) is 5.91 Å². The zero-order valence-electron chi connectivity index (χ0n) is 12.2. The minimum Gasteiger partial charge on any atom is -0.490 e. The summed E-state index contributed by atoms with van der Waals surface area (Å²) >= 11 is 0. The Balaban J connectivity index is 2.55. The number of amides is 1. The van der Waals surface area contributed by atoms with Crippen molar-refractivity contribution in [1.82, 2.24) is 5.32 Å². The van der Waals surface area contributed by atoms with Crippen LogP contribution in [0.15, 0.2) is 24.3 Å². The molecule has 1 aromatic carbocycles. The van der Waals surface area contributed by atoms with Gasteiger partial charge >= 0.3 is 0 Å². The van der Waals surface area contributed by atoms with E-state index in [4.69, 9.17) is 9.47 Å². The molecule has 0 saturated heterocycles. The Morgan fingerprint density at radius 2 is 1.74 bits per heavy atom. The number of rotatable bonds is 7. The van der Waals surface area contributed by atoms with Crippen molar-refractivity contribution in [3.05, 3.63) is 24.3 Å². The number of hydrogen-bond donors (Lipinski definition) is 1. The minimum atomic E-state index is -0.208. The average Bonchev–Trinajstić information content (AvgIpc) is 2.38. The van der Waals surface area contributed by atoms with E-state index in [9.17, 15) is 4.79 Å². The molecule has 0 bridgehead atoms. The summed E-state index contributed by atoms with van der Waals surface area (Å²) in [4.78, 5) is 11.8. The number of hydrogen-bond acceptors (Lipinski definition) is 3. The Morgan fingerprint density at radius 1 is 1.16 bits per heavy atom. The van der Waals surface area contributed by atoms with Gasteiger partial charge in [0.1, 0.15) is 0 Å². The Kier molecular flexibility index (Phi) is 5.67. The third-order valence-electron chi connectivity index (χ3n) is 2.87. The molecule has 106 valence electrons. The van der Waals surface area contributed by atoms with E-state index >= 15 is 0 Å². The van der Waals surface area contributed by atoms with Crippen LogP contribution in [0.2, 0.25) is 0 Å². The minimum absolute atomic E-state index is 0.00643. The number of para-hydroxylation sites is 2. The van der Waals surface area contributed by atoms with Gasteiger partial charge in [0.2, 0.25) is 0 Å². The van der Waals surface area contributed by atoms with E-state index in [1.807, 2.05) is 45.9 Å². The molecule has 4 nitrogen and oxygen atoms in total. The molecule has 0 aliphatic heterocycles. The fraction of sp³-hybridized carbons (Fsp3) is 0.533. The highest BCUT2D eigenvalue weighted by molar-refractivity contribution is 5.78. The molecule has 4 heteroatoms. The van der Waals surface area contributed by atoms with Gasteiger partial charge in [-0.2, -0.15) is 0 Å². The summed E-state index contributed by atoms with van der Waals surface area (Å²) in [6, 6.07) is 7.35. The molecule has 1 N–H and O–H groups in total. The largest absolute Gasteiger partial charge is 0.490 e. The van der Waals surface area contributed by atoms with Crippen LogP contribution in [0.1, 0.15) is 34.1 Å². The van der Waals surface area contributed by atoms with Gasteiger partial charge in [0.15, 0.2) is 18.1 Å². The number of ether oxygens (including phenoxy) is 2. The first-order valence-electron chi connectivity index (χ1n) is 6.64. The third kappa shape index (κ3) is 5.20. The molecule has 0 aromatic heterocycles. The molecular formula is C15H23NO3. The second kappa shape index (κ2) is 7.02. The molecule has 0 heterocycles. The monoisotopic (exact) mass is 265 g/mol. The molecule has 0 unspecified atom stereocenters. The number of carbonyl (C=O) groups excluding carboxylic acids is 1. The predicted molar refractivity (Wildman–Crippen MR) is 75.6 cm³/mol. The van der Waals surface area contributed by atoms with Gasteiger partial charge in [-0.15, -0.1) is 0 Å². The zero-order valence-corrected chi connectivity index (χ0v) is 12.2. The van der Waals surface area contributed by atoms with Gasteiger partial charge in [-0.3, -0.25) is 4.79 Å². The second-order valence-electron chi connectivity index (χ2n) is 4.95. The van der Waals surface area contributed by atoms with Gasteiger partial charge in [0, 0.05) is 5.54 Å². The van der Waals surface area contributed by atoms with Crippen LogP contribution in [0, 0.1) is 0 Å². The molecular weight excluding hydrogens is 242 g/mol. The van der Waals surface area contributed by atoms with Crippen molar-refractivity contribution >= 4 is 5.91 Å². The fourth-order valence-electron chi connectivity index (χ4n) is 1.49. The summed E-state index contributed by atoms with van der Waals surface area (Å²) in [6.45, 7) is 8.47. The first-order chi connectivity index (χ1) is 8.98. The lowest BCUT2D eigenvalue weighted by atomic mass is 10.0. The van der Waals surface area contributed by atoms with Crippen LogP contribution >= 0.6 is 0 Å². The molecule has 0 spiro atoms. The molecule has 1 rings (SSSR count). The number of benzene rings is 1. The maximum atomic E-state index is 11.8. The van der Waals surface area contributed by atoms with Gasteiger partial charge in [-0.25, -0.2) is 0 Å². The summed E-state index contributed by atoms with van der Waals surface area (Å²) in [5, 5.41) is 2.92. The van der Waals surface area contributed by atoms with Crippen LogP contribution in [-0.4, -0.2) is 24.7 Å². The van der Waals surface area contributed by atoms with Gasteiger partial charge in [0.05, 0.1) is 6.61 Å². The highest BCUT2D eigenvalue weighted by atomic mass is 16.5. The molecule has 0 atom stereocenters. The smallest absolute Gasteiger partial charge is 0.258 e. The normalized spacial score (nSPS) is 10.9. The van der Waals surface area contributed by atoms with Crippen LogP contribution < -0.4 is 14.8 Å². The molecule has 0 fully saturated rings. The Hall–Kier alpha value is -1.71. The summed E-state index contributed by atoms with van der Waals surface area (Å²) in [7, 11) is 0. The highest BCUT2D eigenvalue weighted by Gasteiger charge is 2.18. The summed E-state index contributed by atoms with van der Waals surface area (Å²) in [5.41, 5.74) is -0.208. The second-order valence-corrected chi connectivity index (χ2v) is 4.95. The van der Waals surface area contributed by atoms with Crippen molar-refractivity contribution in [3.8, 4) is 11.5 Å². The van der Waals surface area contributed by atoms with Gasteiger partial charge in [-0.1, -0.05) is 19.1 Å². The van der Waals surface area contributed by atoms with Gasteiger partial charge in [-0.05, 0) is 39.3 Å². The molecule has 1 amide bonds. The lowest BCUT2D eigenvalue weighted by molar-refractivity contribution is -0.124. The Bertz CT molecular complexity index is 416. The molecule has 0 aliphatic rings. The lowest BCUT2D eigenvalue weighted by Crippen LogP contribution is -2.44. The van der Waals surface area contributed by atoms with Crippen molar-refractivity contribution in [2.45, 2.75) is 39.7 Å². The summed E-state index contributed by atoms with van der Waals surface area (Å²) in [5.74, 6) is 1.12. The van der Waals surface area contributed by atoms with Crippen molar-refractivity contribution in [3.63, 3.8) is 0 Å². The van der Waals surface area contributed by atoms with E-state index in [0.717, 1.165) is 6.42 Å². The van der Waals surface area contributed by atoms with Crippen molar-refractivity contribution in [2.75, 3.05) is 13.2 Å². The predicted octanol–water partition coefficient (Wildman–Crippen LogP) is 2.77. The number of nitrogens with one attached hydrogen (secondary N) is 1. The molecule has 19 heavy (non-hydrogen) atoms. The van der Waals surface area contributed by atoms with Crippen molar-refractivity contribution in [1.29, 1.82) is 0 Å². The van der Waals surface area contributed by atoms with Crippen LogP contribution in [0.5, 0.6) is 11.5 Å². The average molecular weight is 265 g/mol. The van der Waals surface area contributed by atoms with E-state index in [2.05, 4.69) is 5.32 Å². The quantitative estimate of drug-likeness (QED) is 0.824. The summed E-state index contributed by atoms with van der Waals surface area (Å²) in [6.07, 6.45) is 0.869. The van der Waals surface area contributed by atoms with Crippen molar-refractivity contribution in [2.24, 2.45) is 0 Å². The Labute approximate surface area is 115 Å². The van der Waals surface area contributed by atoms with Crippen LogP contribution in [0.3, 0.4) is 0 Å². The van der Waals surface area contributed by atoms with E-state index in [-0.39, 0.29) is 18.1 Å². The third-order valence-corrected chi connectivity index (χ3v) is 2.87. The molecule has 1 aromatic rings. The van der Waals surface area contributed by atoms with Gasteiger partial charge < -0.3 is 14.8 Å². The van der Waals surface area contributed by atoms with Crippen molar-refractivity contribution < 1.29 is 14.3 Å². The standard InChI is InChI=1S/C15H23NO3/c1-5-15(3,4)16-14(17)11-19-13-10-8-7-9-12(13)18-6-2/h7-10H,5-6,11H2,1-4H3,(H,16,17). The molecule has 0 saturated carbocycles. The first-order valence-corrected chi connectivity index (χ1v) is 6.64. The molecule has 0 radical (unpaired) electrons. The maximum Gasteiger partial charge on any atom is 0.258 e. The van der Waals surface area contributed by atoms with Crippen LogP contribution in [0.4, 0.5) is 0 Å². The summed E-state index contributed by atoms with van der Waals surface area (Å²) < 4.78 is 10.9. The van der Waals surface area contributed by atoms with E-state index in [0.29, 0.717) is 18.1 Å². The topological polar surface area (TPSA) is 47.6 Å². The maximum absolute atomic E-state index is 11.8. The van der Waals surface area contributed by atoms with Crippen LogP contribution in [0.25, 0.3) is 0 Å². The lowest BCUT2D eigenvalue weighted by Gasteiger charge is -2.24. The van der Waals surface area contributed by atoms with Crippen LogP contribution in [-0.2, 0) is 4.79 Å². The highest BCUT2D eigenvalue weighted by Crippen LogP contribution is 2.26. The van der Waals surface area contributed by atoms with E-state index in [1.54, 1.807) is 6.07 Å². The molecule has 0 aliphatic carbocycles. The zero-order chi connectivity index (χ0) is 14.3. The van der Waals surface area contributed by atoms with E-state index in [1.165, 1.54) is 0 Å². The number of carbonyl (C=O) groups is 1. The fourth-order valence-corrected chi connectivity index (χ4v) is 1.49. The van der Waals surface area contributed by atoms with E-state index < -0.39 is 0 Å². The first kappa shape index (κ1) is 15.3.